The maximum absolute atomic E-state index is 13.4. The minimum atomic E-state index is -4.34. The van der Waals surface area contributed by atoms with Crippen molar-refractivity contribution in [2.75, 3.05) is 18.1 Å². The van der Waals surface area contributed by atoms with E-state index in [0.717, 1.165) is 16.6 Å². The van der Waals surface area contributed by atoms with Crippen molar-refractivity contribution in [3.8, 4) is 11.8 Å². The highest BCUT2D eigenvalue weighted by atomic mass is 35.5. The first kappa shape index (κ1) is 21.9. The number of nitrogens with zero attached hydrogens (tertiary/aromatic N) is 2. The summed E-state index contributed by atoms with van der Waals surface area (Å²) in [4.78, 5) is 14.7. The predicted molar refractivity (Wildman–Crippen MR) is 122 cm³/mol. The van der Waals surface area contributed by atoms with E-state index in [1.54, 1.807) is 48.0 Å². The molecule has 2 heterocycles. The first-order valence-electron chi connectivity index (χ1n) is 10.6. The number of ether oxygens (including phenoxy) is 1. The fourth-order valence-corrected chi connectivity index (χ4v) is 4.40. The SMILES string of the molecule is Cn1c(=O)cc(N2CCOCc3c(C#CC4(C(F)(F)F)CC4)cccc32)c2cc(Cl)ccc21. The molecule has 0 amide bonds. The van der Waals surface area contributed by atoms with Crippen molar-refractivity contribution in [1.29, 1.82) is 0 Å². The molecule has 0 saturated heterocycles. The molecule has 0 spiro atoms. The van der Waals surface area contributed by atoms with Crippen molar-refractivity contribution in [2.45, 2.75) is 25.6 Å². The van der Waals surface area contributed by atoms with Crippen molar-refractivity contribution in [3.63, 3.8) is 0 Å². The van der Waals surface area contributed by atoms with Gasteiger partial charge in [-0.15, -0.1) is 0 Å². The van der Waals surface area contributed by atoms with Crippen LogP contribution in [0.5, 0.6) is 0 Å². The van der Waals surface area contributed by atoms with Crippen LogP contribution in [0.1, 0.15) is 24.0 Å². The van der Waals surface area contributed by atoms with Gasteiger partial charge in [0.2, 0.25) is 0 Å². The predicted octanol–water partition coefficient (Wildman–Crippen LogP) is 5.55. The fourth-order valence-electron chi connectivity index (χ4n) is 4.23. The Bertz CT molecular complexity index is 1380. The Hall–Kier alpha value is -2.95. The smallest absolute Gasteiger partial charge is 0.375 e. The second kappa shape index (κ2) is 7.82. The van der Waals surface area contributed by atoms with Crippen LogP contribution in [-0.4, -0.2) is 23.9 Å². The zero-order valence-corrected chi connectivity index (χ0v) is 18.6. The minimum absolute atomic E-state index is 0.0290. The standard InChI is InChI=1S/C25H20ClF3N2O2/c1-30-20-6-5-17(26)13-18(20)22(14-23(30)32)31-11-12-33-15-19-16(3-2-4-21(19)31)7-8-24(9-10-24)25(27,28)29/h2-6,13-14H,9-12,15H2,1H3. The summed E-state index contributed by atoms with van der Waals surface area (Å²) >= 11 is 6.27. The molecule has 5 rings (SSSR count). The second-order valence-corrected chi connectivity index (χ2v) is 8.86. The summed E-state index contributed by atoms with van der Waals surface area (Å²) in [5.41, 5.74) is 1.28. The quantitative estimate of drug-likeness (QED) is 0.435. The van der Waals surface area contributed by atoms with Gasteiger partial charge in [-0.3, -0.25) is 4.79 Å². The Morgan fingerprint density at radius 3 is 2.64 bits per heavy atom. The van der Waals surface area contributed by atoms with E-state index in [9.17, 15) is 18.0 Å². The van der Waals surface area contributed by atoms with Crippen LogP contribution in [0, 0.1) is 17.3 Å². The highest BCUT2D eigenvalue weighted by molar-refractivity contribution is 6.31. The fraction of sp³-hybridized carbons (Fsp3) is 0.320. The second-order valence-electron chi connectivity index (χ2n) is 8.43. The molecule has 8 heteroatoms. The van der Waals surface area contributed by atoms with Gasteiger partial charge in [-0.1, -0.05) is 29.5 Å². The van der Waals surface area contributed by atoms with E-state index < -0.39 is 11.6 Å². The minimum Gasteiger partial charge on any atom is -0.375 e. The van der Waals surface area contributed by atoms with E-state index in [0.29, 0.717) is 35.0 Å². The molecule has 3 aromatic rings. The summed E-state index contributed by atoms with van der Waals surface area (Å²) in [6.07, 6.45) is -4.28. The summed E-state index contributed by atoms with van der Waals surface area (Å²) in [6, 6.07) is 12.2. The lowest BCUT2D eigenvalue weighted by molar-refractivity contribution is -0.168. The molecule has 0 bridgehead atoms. The van der Waals surface area contributed by atoms with E-state index in [4.69, 9.17) is 16.3 Å². The number of benzene rings is 2. The van der Waals surface area contributed by atoms with Gasteiger partial charge in [-0.2, -0.15) is 13.2 Å². The third kappa shape index (κ3) is 3.77. The summed E-state index contributed by atoms with van der Waals surface area (Å²) in [5.74, 6) is 5.27. The largest absolute Gasteiger partial charge is 0.405 e. The lowest BCUT2D eigenvalue weighted by atomic mass is 10.0. The van der Waals surface area contributed by atoms with Crippen molar-refractivity contribution in [1.82, 2.24) is 4.57 Å². The van der Waals surface area contributed by atoms with E-state index in [1.165, 1.54) is 0 Å². The summed E-state index contributed by atoms with van der Waals surface area (Å²) in [6.45, 7) is 1.07. The molecule has 33 heavy (non-hydrogen) atoms. The molecular weight excluding hydrogens is 453 g/mol. The molecular formula is C25H20ClF3N2O2. The summed E-state index contributed by atoms with van der Waals surface area (Å²) in [5, 5.41) is 1.33. The van der Waals surface area contributed by atoms with Crippen molar-refractivity contribution in [3.05, 3.63) is 69.0 Å². The van der Waals surface area contributed by atoms with Gasteiger partial charge in [-0.05, 0) is 43.2 Å². The molecule has 170 valence electrons. The number of aryl methyl sites for hydroxylation is 1. The molecule has 0 N–H and O–H groups in total. The van der Waals surface area contributed by atoms with Crippen LogP contribution in [0.25, 0.3) is 10.9 Å². The molecule has 1 saturated carbocycles. The molecule has 1 aliphatic heterocycles. The van der Waals surface area contributed by atoms with Gasteiger partial charge in [0.05, 0.1) is 24.4 Å². The molecule has 4 nitrogen and oxygen atoms in total. The Morgan fingerprint density at radius 1 is 1.12 bits per heavy atom. The van der Waals surface area contributed by atoms with Gasteiger partial charge >= 0.3 is 6.18 Å². The normalized spacial score (nSPS) is 17.2. The van der Waals surface area contributed by atoms with Crippen molar-refractivity contribution in [2.24, 2.45) is 12.5 Å². The number of pyridine rings is 1. The van der Waals surface area contributed by atoms with Crippen molar-refractivity contribution >= 4 is 33.9 Å². The number of anilines is 2. The summed E-state index contributed by atoms with van der Waals surface area (Å²) in [7, 11) is 1.70. The lowest BCUT2D eigenvalue weighted by Gasteiger charge is -2.26. The van der Waals surface area contributed by atoms with Gasteiger partial charge in [0, 0.05) is 46.9 Å². The highest BCUT2D eigenvalue weighted by Gasteiger charge is 2.62. The number of halogens is 4. The number of aromatic nitrogens is 1. The Labute approximate surface area is 193 Å². The molecule has 2 aliphatic rings. The van der Waals surface area contributed by atoms with Crippen LogP contribution in [0.15, 0.2) is 47.3 Å². The zero-order valence-electron chi connectivity index (χ0n) is 17.8. The molecule has 1 fully saturated rings. The molecule has 0 unspecified atom stereocenters. The molecule has 0 radical (unpaired) electrons. The zero-order chi connectivity index (χ0) is 23.4. The van der Waals surface area contributed by atoms with Crippen LogP contribution < -0.4 is 10.5 Å². The van der Waals surface area contributed by atoms with Gasteiger partial charge in [0.15, 0.2) is 0 Å². The van der Waals surface area contributed by atoms with E-state index in [1.807, 2.05) is 11.0 Å². The average molecular weight is 473 g/mol. The monoisotopic (exact) mass is 472 g/mol. The van der Waals surface area contributed by atoms with Crippen LogP contribution in [0.4, 0.5) is 24.5 Å². The summed E-state index contributed by atoms with van der Waals surface area (Å²) < 4.78 is 47.4. The van der Waals surface area contributed by atoms with Gasteiger partial charge < -0.3 is 14.2 Å². The molecule has 0 atom stereocenters. The lowest BCUT2D eigenvalue weighted by Crippen LogP contribution is -2.25. The van der Waals surface area contributed by atoms with E-state index in [-0.39, 0.29) is 25.0 Å². The van der Waals surface area contributed by atoms with Crippen LogP contribution >= 0.6 is 11.6 Å². The number of rotatable bonds is 1. The van der Waals surface area contributed by atoms with Gasteiger partial charge in [0.25, 0.3) is 5.56 Å². The molecule has 1 aliphatic carbocycles. The van der Waals surface area contributed by atoms with E-state index >= 15 is 0 Å². The van der Waals surface area contributed by atoms with Gasteiger partial charge in [-0.25, -0.2) is 0 Å². The molecule has 2 aromatic carbocycles. The maximum Gasteiger partial charge on any atom is 0.405 e. The third-order valence-electron chi connectivity index (χ3n) is 6.35. The average Bonchev–Trinajstić information content (AvgIpc) is 3.59. The maximum atomic E-state index is 13.4. The van der Waals surface area contributed by atoms with E-state index in [2.05, 4.69) is 11.8 Å². The number of hydrogen-bond acceptors (Lipinski definition) is 3. The topological polar surface area (TPSA) is 34.5 Å². The number of fused-ring (bicyclic) bond motifs is 2. The Balaban J connectivity index is 1.67. The highest BCUT2D eigenvalue weighted by Crippen LogP contribution is 2.57. The van der Waals surface area contributed by atoms with Gasteiger partial charge in [0.1, 0.15) is 5.41 Å². The molecule has 1 aromatic heterocycles. The third-order valence-corrected chi connectivity index (χ3v) is 6.59. The first-order valence-corrected chi connectivity index (χ1v) is 10.9. The van der Waals surface area contributed by atoms with Crippen LogP contribution in [0.3, 0.4) is 0 Å². The number of hydrogen-bond donors (Lipinski definition) is 0. The number of alkyl halides is 3. The first-order chi connectivity index (χ1) is 15.7. The Morgan fingerprint density at radius 2 is 1.91 bits per heavy atom. The Kier molecular flexibility index (Phi) is 5.19. The van der Waals surface area contributed by atoms with Crippen LogP contribution in [0.2, 0.25) is 5.02 Å². The van der Waals surface area contributed by atoms with Crippen LogP contribution in [-0.2, 0) is 18.4 Å². The van der Waals surface area contributed by atoms with Crippen molar-refractivity contribution < 1.29 is 17.9 Å².